The first-order valence-corrected chi connectivity index (χ1v) is 35.4. The molecule has 0 aliphatic carbocycles. The van der Waals surface area contributed by atoms with Crippen molar-refractivity contribution in [3.8, 4) is 0 Å². The van der Waals surface area contributed by atoms with Crippen LogP contribution in [-0.4, -0.2) is 0 Å². The van der Waals surface area contributed by atoms with E-state index in [0.717, 1.165) is 72.3 Å². The normalized spacial score (nSPS) is 11.2. The Hall–Kier alpha value is -12.3. The minimum absolute atomic E-state index is 0. The van der Waals surface area contributed by atoms with E-state index in [1.807, 2.05) is 277 Å². The summed E-state index contributed by atoms with van der Waals surface area (Å²) in [4.78, 5) is 74.5. The van der Waals surface area contributed by atoms with Gasteiger partial charge in [-0.05, 0) is 261 Å². The molecule has 0 saturated carbocycles. The zero-order valence-corrected chi connectivity index (χ0v) is 62.2. The summed E-state index contributed by atoms with van der Waals surface area (Å²) in [7, 11) is 0. The molecule has 12 nitrogen and oxygen atoms in total. The fourth-order valence-electron chi connectivity index (χ4n) is 13.3. The van der Waals surface area contributed by atoms with Crippen LogP contribution in [0.4, 0.5) is 0 Å². The largest absolute Gasteiger partial charge is 0.456 e. The number of hydrogen-bond donors (Lipinski definition) is 0. The molecule has 0 N–H and O–H groups in total. The van der Waals surface area contributed by atoms with Crippen LogP contribution < -0.4 is 32.6 Å². The Morgan fingerprint density at radius 3 is 0.972 bits per heavy atom. The van der Waals surface area contributed by atoms with Gasteiger partial charge in [0.2, 0.25) is 32.6 Å². The van der Waals surface area contributed by atoms with Crippen LogP contribution in [0.5, 0.6) is 0 Å². The number of rotatable bonds is 1. The topological polar surface area (TPSA) is 181 Å². The van der Waals surface area contributed by atoms with Crippen molar-refractivity contribution in [2.45, 2.75) is 110 Å². The molecule has 0 amide bonds. The van der Waals surface area contributed by atoms with Crippen molar-refractivity contribution in [2.24, 2.45) is 0 Å². The fraction of sp³-hybridized carbons (Fsp3) is 0.170. The maximum Gasteiger partial charge on any atom is 0.200 e. The molecule has 0 radical (unpaired) electrons. The lowest BCUT2D eigenvalue weighted by Gasteiger charge is -2.09. The molecule has 536 valence electrons. The predicted octanol–water partition coefficient (Wildman–Crippen LogP) is 23.8. The Balaban J connectivity index is 0.000000120. The number of para-hydroxylation sites is 2. The van der Waals surface area contributed by atoms with Crippen molar-refractivity contribution in [1.29, 1.82) is 0 Å². The van der Waals surface area contributed by atoms with Crippen molar-refractivity contribution in [3.05, 3.63) is 345 Å². The zero-order valence-electron chi connectivity index (χ0n) is 61.5. The average Bonchev–Trinajstić information content (AvgIpc) is 0.760. The molecule has 0 spiro atoms. The zero-order chi connectivity index (χ0) is 75.3. The first kappa shape index (κ1) is 74.5. The molecule has 12 aromatic carbocycles. The maximum atomic E-state index is 12.6. The van der Waals surface area contributed by atoms with Crippen LogP contribution in [-0.2, 0) is 0 Å². The first-order chi connectivity index (χ1) is 50.7. The van der Waals surface area contributed by atoms with Gasteiger partial charge in [-0.25, -0.2) is 0 Å². The van der Waals surface area contributed by atoms with Crippen LogP contribution in [0.3, 0.4) is 0 Å². The third-order valence-electron chi connectivity index (χ3n) is 19.2. The summed E-state index contributed by atoms with van der Waals surface area (Å²) < 4.78 is 34.7. The summed E-state index contributed by atoms with van der Waals surface area (Å²) in [6, 6.07) is 64.1. The van der Waals surface area contributed by atoms with Gasteiger partial charge in [0.1, 0.15) is 61.4 Å². The van der Waals surface area contributed by atoms with Crippen LogP contribution in [0, 0.1) is 83.1 Å². The van der Waals surface area contributed by atoms with Gasteiger partial charge < -0.3 is 26.5 Å². The maximum absolute atomic E-state index is 12.6. The minimum atomic E-state index is -0.0273. The summed E-state index contributed by atoms with van der Waals surface area (Å²) in [6.45, 7) is 28.0. The van der Waals surface area contributed by atoms with Crippen molar-refractivity contribution >= 4 is 143 Å². The Kier molecular flexibility index (Phi) is 21.2. The summed E-state index contributed by atoms with van der Waals surface area (Å²) in [5.74, 6) is 0.400. The number of aryl methyl sites for hydroxylation is 11. The van der Waals surface area contributed by atoms with E-state index < -0.39 is 0 Å². The van der Waals surface area contributed by atoms with Gasteiger partial charge >= 0.3 is 0 Å². The van der Waals surface area contributed by atoms with Gasteiger partial charge in [0.05, 0.1) is 69.7 Å². The highest BCUT2D eigenvalue weighted by molar-refractivity contribution is 6.35. The van der Waals surface area contributed by atoms with E-state index in [2.05, 4.69) is 13.8 Å². The molecule has 107 heavy (non-hydrogen) atoms. The second-order valence-corrected chi connectivity index (χ2v) is 28.3. The molecule has 18 aromatic rings. The van der Waals surface area contributed by atoms with Gasteiger partial charge in [0.25, 0.3) is 0 Å². The summed E-state index contributed by atoms with van der Waals surface area (Å²) >= 11 is 6.13. The van der Waals surface area contributed by atoms with E-state index in [4.69, 9.17) is 38.1 Å². The number of hydrogen-bond acceptors (Lipinski definition) is 12. The quantitative estimate of drug-likeness (QED) is 0.142. The SMILES string of the molecule is C.Cc1cc(C)c2oc3ccccc3c(=O)c2c1.Cc1cc2oc3ccccc3c(=O)c2c(C)c1C.Cc1ccc2oc3c(Cl)cc(C)cc3c(=O)c2c1.Cc1ccc2oc3ccc(C(C)C)cc3c(=O)c2c1.Cc1ccc2oc3ccc(C)cc3c(=O)c2c1.Cc1ccc2oc3ccc(C)cc3c(=O)c2c1. The Morgan fingerprint density at radius 2 is 0.551 bits per heavy atom. The smallest absolute Gasteiger partial charge is 0.200 e. The highest BCUT2D eigenvalue weighted by atomic mass is 35.5. The lowest BCUT2D eigenvalue weighted by molar-refractivity contribution is 0.656. The van der Waals surface area contributed by atoms with E-state index in [0.29, 0.717) is 143 Å². The molecule has 0 aliphatic heterocycles. The molecule has 0 fully saturated rings. The molecule has 13 heteroatoms. The van der Waals surface area contributed by atoms with Gasteiger partial charge in [-0.15, -0.1) is 0 Å². The van der Waals surface area contributed by atoms with Crippen molar-refractivity contribution in [3.63, 3.8) is 0 Å². The standard InChI is InChI=1S/C17H16O2.C16H14O2.C15H11ClO2.3C15H12O2.CH4/c1-10(2)12-5-7-16-14(9-12)17(18)13-8-11(3)4-6-15(13)19-16;1-9-8-14-15(11(3)10(9)2)16(17)12-6-4-5-7-13(12)18-14;1-8-3-4-13-10(5-8)14(17)11-6-9(2)7-12(16)15(11)18-13;2*1-9-3-5-13-11(7-9)15(16)12-8-10(2)4-6-14(12)17-13;1-9-7-10(2)15-12(8-9)14(16)11-5-3-4-6-13(11)17-15;/h4-10H,1-3H3;4-8H,1-3H3;3-7H,1-2H3;3*3-8H,1-2H3;1H4. The predicted molar refractivity (Wildman–Crippen MR) is 443 cm³/mol. The van der Waals surface area contributed by atoms with E-state index in [-0.39, 0.29) is 40.0 Å². The first-order valence-electron chi connectivity index (χ1n) is 35.0. The van der Waals surface area contributed by atoms with Crippen LogP contribution in [0.25, 0.3) is 132 Å². The highest BCUT2D eigenvalue weighted by Crippen LogP contribution is 2.31. The van der Waals surface area contributed by atoms with E-state index >= 15 is 0 Å². The molecule has 0 bridgehead atoms. The van der Waals surface area contributed by atoms with Gasteiger partial charge in [0.15, 0.2) is 5.58 Å². The number of halogens is 1. The molecule has 0 unspecified atom stereocenters. The van der Waals surface area contributed by atoms with Crippen LogP contribution in [0.15, 0.2) is 262 Å². The van der Waals surface area contributed by atoms with E-state index in [9.17, 15) is 28.8 Å². The van der Waals surface area contributed by atoms with Crippen LogP contribution >= 0.6 is 11.6 Å². The van der Waals surface area contributed by atoms with E-state index in [1.165, 1.54) is 0 Å². The Labute approximate surface area is 621 Å². The van der Waals surface area contributed by atoms with Gasteiger partial charge in [-0.1, -0.05) is 139 Å². The molecule has 0 atom stereocenters. The fourth-order valence-corrected chi connectivity index (χ4v) is 13.7. The highest BCUT2D eigenvalue weighted by Gasteiger charge is 2.17. The molecular formula is C94H81ClO12. The third kappa shape index (κ3) is 15.1. The number of benzene rings is 12. The molecule has 6 heterocycles. The monoisotopic (exact) mass is 1440 g/mol. The summed E-state index contributed by atoms with van der Waals surface area (Å²) in [6.07, 6.45) is 0. The molecule has 18 rings (SSSR count). The van der Waals surface area contributed by atoms with Crippen molar-refractivity contribution in [2.75, 3.05) is 0 Å². The Morgan fingerprint density at radius 1 is 0.252 bits per heavy atom. The van der Waals surface area contributed by atoms with E-state index in [1.54, 1.807) is 12.1 Å². The number of fused-ring (bicyclic) bond motifs is 12. The second-order valence-electron chi connectivity index (χ2n) is 27.9. The molecular weight excluding hydrogens is 1360 g/mol. The lowest BCUT2D eigenvalue weighted by atomic mass is 9.99. The van der Waals surface area contributed by atoms with Crippen LogP contribution in [0.1, 0.15) is 99.5 Å². The van der Waals surface area contributed by atoms with Crippen LogP contribution in [0.2, 0.25) is 5.02 Å². The Bertz CT molecular complexity index is 6740. The second kappa shape index (κ2) is 30.4. The molecule has 0 aliphatic rings. The summed E-state index contributed by atoms with van der Waals surface area (Å²) in [5, 5.41) is 8.24. The lowest BCUT2D eigenvalue weighted by Crippen LogP contribution is -2.05. The third-order valence-corrected chi connectivity index (χ3v) is 19.5. The van der Waals surface area contributed by atoms with Gasteiger partial charge in [-0.2, -0.15) is 0 Å². The van der Waals surface area contributed by atoms with Gasteiger partial charge in [0, 0.05) is 0 Å². The molecule has 0 saturated heterocycles. The van der Waals surface area contributed by atoms with Gasteiger partial charge in [-0.3, -0.25) is 28.8 Å². The van der Waals surface area contributed by atoms with Crippen molar-refractivity contribution in [1.82, 2.24) is 0 Å². The summed E-state index contributed by atoms with van der Waals surface area (Å²) in [5.41, 5.74) is 21.8. The average molecular weight is 1440 g/mol. The molecule has 6 aromatic heterocycles. The minimum Gasteiger partial charge on any atom is -0.456 e. The van der Waals surface area contributed by atoms with Crippen molar-refractivity contribution < 1.29 is 26.5 Å².